The van der Waals surface area contributed by atoms with Gasteiger partial charge < -0.3 is 15.2 Å². The van der Waals surface area contributed by atoms with Gasteiger partial charge in [-0.1, -0.05) is 142 Å². The van der Waals surface area contributed by atoms with Crippen LogP contribution < -0.4 is 5.32 Å². The SMILES string of the molecule is CCCCCCCCCCCCCCC(CCCCCCCC(=O)NCC(=O)O)OC(=O)CCCCCCCCC. The number of nitrogens with one attached hydrogen (secondary N) is 1. The van der Waals surface area contributed by atoms with Crippen molar-refractivity contribution in [2.45, 2.75) is 200 Å². The molecule has 242 valence electrons. The van der Waals surface area contributed by atoms with Gasteiger partial charge in [0.1, 0.15) is 12.6 Å². The van der Waals surface area contributed by atoms with Crippen molar-refractivity contribution in [1.82, 2.24) is 5.32 Å². The van der Waals surface area contributed by atoms with E-state index in [4.69, 9.17) is 9.84 Å². The smallest absolute Gasteiger partial charge is 0.322 e. The van der Waals surface area contributed by atoms with E-state index in [-0.39, 0.29) is 24.5 Å². The van der Waals surface area contributed by atoms with Gasteiger partial charge in [-0.15, -0.1) is 0 Å². The molecule has 1 amide bonds. The second-order valence-corrected chi connectivity index (χ2v) is 12.1. The molecule has 0 saturated heterocycles. The Balaban J connectivity index is 4.12. The lowest BCUT2D eigenvalue weighted by atomic mass is 10.0. The molecule has 0 heterocycles. The Morgan fingerprint density at radius 2 is 0.902 bits per heavy atom. The molecule has 0 saturated carbocycles. The molecule has 0 aromatic carbocycles. The van der Waals surface area contributed by atoms with Crippen LogP contribution in [0.4, 0.5) is 0 Å². The summed E-state index contributed by atoms with van der Waals surface area (Å²) in [5, 5.41) is 11.0. The van der Waals surface area contributed by atoms with Crippen molar-refractivity contribution in [2.24, 2.45) is 0 Å². The Labute approximate surface area is 253 Å². The first kappa shape index (κ1) is 39.4. The average molecular weight is 582 g/mol. The highest BCUT2D eigenvalue weighted by atomic mass is 16.5. The van der Waals surface area contributed by atoms with Gasteiger partial charge in [-0.05, 0) is 38.5 Å². The summed E-state index contributed by atoms with van der Waals surface area (Å²) in [6, 6.07) is 0. The molecule has 0 aliphatic heterocycles. The van der Waals surface area contributed by atoms with E-state index >= 15 is 0 Å². The minimum Gasteiger partial charge on any atom is -0.480 e. The van der Waals surface area contributed by atoms with E-state index in [1.165, 1.54) is 103 Å². The molecule has 0 aromatic rings. The Hall–Kier alpha value is -1.59. The monoisotopic (exact) mass is 582 g/mol. The number of amides is 1. The minimum atomic E-state index is -1.01. The van der Waals surface area contributed by atoms with Crippen LogP contribution in [0.3, 0.4) is 0 Å². The van der Waals surface area contributed by atoms with Crippen LogP contribution in [0.15, 0.2) is 0 Å². The fourth-order valence-electron chi connectivity index (χ4n) is 5.40. The molecule has 0 rings (SSSR count). The summed E-state index contributed by atoms with van der Waals surface area (Å²) in [4.78, 5) is 34.7. The maximum absolute atomic E-state index is 12.5. The summed E-state index contributed by atoms with van der Waals surface area (Å²) in [5.41, 5.74) is 0. The number of carbonyl (C=O) groups is 3. The van der Waals surface area contributed by atoms with E-state index in [1.54, 1.807) is 0 Å². The van der Waals surface area contributed by atoms with Crippen molar-refractivity contribution >= 4 is 17.8 Å². The van der Waals surface area contributed by atoms with Crippen LogP contribution in [-0.2, 0) is 19.1 Å². The summed E-state index contributed by atoms with van der Waals surface area (Å²) in [5.74, 6) is -1.22. The first-order valence-corrected chi connectivity index (χ1v) is 17.7. The number of carbonyl (C=O) groups excluding carboxylic acids is 2. The molecule has 0 radical (unpaired) electrons. The van der Waals surface area contributed by atoms with Crippen LogP contribution in [0.5, 0.6) is 0 Å². The predicted molar refractivity (Wildman–Crippen MR) is 171 cm³/mol. The Kier molecular flexibility index (Phi) is 30.1. The molecule has 41 heavy (non-hydrogen) atoms. The molecule has 6 heteroatoms. The molecular formula is C35H67NO5. The maximum atomic E-state index is 12.5. The van der Waals surface area contributed by atoms with Crippen LogP contribution in [0.1, 0.15) is 194 Å². The van der Waals surface area contributed by atoms with Crippen LogP contribution in [0.25, 0.3) is 0 Å². The second-order valence-electron chi connectivity index (χ2n) is 12.1. The van der Waals surface area contributed by atoms with Crippen LogP contribution >= 0.6 is 0 Å². The van der Waals surface area contributed by atoms with Crippen molar-refractivity contribution in [3.63, 3.8) is 0 Å². The van der Waals surface area contributed by atoms with Gasteiger partial charge in [0.25, 0.3) is 0 Å². The lowest BCUT2D eigenvalue weighted by Gasteiger charge is -2.18. The number of aliphatic carboxylic acids is 1. The van der Waals surface area contributed by atoms with Gasteiger partial charge in [-0.25, -0.2) is 0 Å². The second kappa shape index (κ2) is 31.3. The van der Waals surface area contributed by atoms with Gasteiger partial charge in [0, 0.05) is 12.8 Å². The van der Waals surface area contributed by atoms with E-state index in [9.17, 15) is 14.4 Å². The zero-order valence-electron chi connectivity index (χ0n) is 27.2. The van der Waals surface area contributed by atoms with E-state index in [0.717, 1.165) is 64.2 Å². The molecule has 1 atom stereocenters. The van der Waals surface area contributed by atoms with Crippen LogP contribution in [0, 0.1) is 0 Å². The predicted octanol–water partition coefficient (Wildman–Crippen LogP) is 10.1. The van der Waals surface area contributed by atoms with E-state index in [2.05, 4.69) is 19.2 Å². The van der Waals surface area contributed by atoms with Gasteiger partial charge in [0.05, 0.1) is 0 Å². The summed E-state index contributed by atoms with van der Waals surface area (Å²) >= 11 is 0. The van der Waals surface area contributed by atoms with Gasteiger partial charge >= 0.3 is 11.9 Å². The van der Waals surface area contributed by atoms with Crippen LogP contribution in [-0.4, -0.2) is 35.6 Å². The van der Waals surface area contributed by atoms with Crippen molar-refractivity contribution in [1.29, 1.82) is 0 Å². The summed E-state index contributed by atoms with van der Waals surface area (Å²) < 4.78 is 5.96. The number of hydrogen-bond donors (Lipinski definition) is 2. The fraction of sp³-hybridized carbons (Fsp3) is 0.914. The molecule has 0 aromatic heterocycles. The molecular weight excluding hydrogens is 514 g/mol. The highest BCUT2D eigenvalue weighted by Crippen LogP contribution is 2.19. The van der Waals surface area contributed by atoms with E-state index in [1.807, 2.05) is 0 Å². The standard InChI is InChI=1S/C35H67NO5/c1-3-5-7-9-11-12-13-14-15-17-19-23-27-32(41-35(40)30-26-22-16-10-8-6-4-2)28-24-20-18-21-25-29-33(37)36-31-34(38)39/h32H,3-31H2,1-2H3,(H,36,37)(H,38,39). The number of esters is 1. The molecule has 0 aliphatic rings. The quantitative estimate of drug-likeness (QED) is 0.0609. The third-order valence-corrected chi connectivity index (χ3v) is 8.03. The number of carboxylic acids is 1. The fourth-order valence-corrected chi connectivity index (χ4v) is 5.40. The zero-order valence-corrected chi connectivity index (χ0v) is 27.2. The van der Waals surface area contributed by atoms with Crippen molar-refractivity contribution < 1.29 is 24.2 Å². The van der Waals surface area contributed by atoms with Crippen molar-refractivity contribution in [3.8, 4) is 0 Å². The highest BCUT2D eigenvalue weighted by Gasteiger charge is 2.14. The molecule has 0 bridgehead atoms. The minimum absolute atomic E-state index is 0.0186. The maximum Gasteiger partial charge on any atom is 0.322 e. The lowest BCUT2D eigenvalue weighted by molar-refractivity contribution is -0.150. The summed E-state index contributed by atoms with van der Waals surface area (Å²) in [6.07, 6.45) is 32.2. The Morgan fingerprint density at radius 1 is 0.537 bits per heavy atom. The van der Waals surface area contributed by atoms with Gasteiger partial charge in [0.2, 0.25) is 5.91 Å². The van der Waals surface area contributed by atoms with Crippen molar-refractivity contribution in [2.75, 3.05) is 6.54 Å². The van der Waals surface area contributed by atoms with E-state index < -0.39 is 5.97 Å². The van der Waals surface area contributed by atoms with Gasteiger partial charge in [0.15, 0.2) is 0 Å². The Bertz CT molecular complexity index is 609. The van der Waals surface area contributed by atoms with Crippen molar-refractivity contribution in [3.05, 3.63) is 0 Å². The lowest BCUT2D eigenvalue weighted by Crippen LogP contribution is -2.28. The van der Waals surface area contributed by atoms with Gasteiger partial charge in [-0.3, -0.25) is 14.4 Å². The first-order valence-electron chi connectivity index (χ1n) is 17.7. The normalized spacial score (nSPS) is 11.9. The Morgan fingerprint density at radius 3 is 1.32 bits per heavy atom. The molecule has 0 spiro atoms. The number of hydrogen-bond acceptors (Lipinski definition) is 4. The van der Waals surface area contributed by atoms with Crippen LogP contribution in [0.2, 0.25) is 0 Å². The number of rotatable bonds is 32. The average Bonchev–Trinajstić information content (AvgIpc) is 2.95. The summed E-state index contributed by atoms with van der Waals surface area (Å²) in [7, 11) is 0. The third-order valence-electron chi connectivity index (χ3n) is 8.03. The molecule has 0 aliphatic carbocycles. The molecule has 0 fully saturated rings. The number of carboxylic acid groups (broad SMARTS) is 1. The molecule has 2 N–H and O–H groups in total. The largest absolute Gasteiger partial charge is 0.480 e. The third kappa shape index (κ3) is 31.2. The summed E-state index contributed by atoms with van der Waals surface area (Å²) in [6.45, 7) is 4.19. The van der Waals surface area contributed by atoms with Gasteiger partial charge in [-0.2, -0.15) is 0 Å². The highest BCUT2D eigenvalue weighted by molar-refractivity contribution is 5.80. The topological polar surface area (TPSA) is 92.7 Å². The number of ether oxygens (including phenoxy) is 1. The molecule has 6 nitrogen and oxygen atoms in total. The first-order chi connectivity index (χ1) is 20.0. The molecule has 1 unspecified atom stereocenters. The van der Waals surface area contributed by atoms with E-state index in [0.29, 0.717) is 12.8 Å². The zero-order chi connectivity index (χ0) is 30.2. The number of unbranched alkanes of at least 4 members (excludes halogenated alkanes) is 21.